The number of alkyl halides is 1. The third-order valence-corrected chi connectivity index (χ3v) is 1.47. The Morgan fingerprint density at radius 2 is 2.17 bits per heavy atom. The Hall–Kier alpha value is -0.540. The summed E-state index contributed by atoms with van der Waals surface area (Å²) >= 11 is 5.40. The molecule has 3 nitrogen and oxygen atoms in total. The van der Waals surface area contributed by atoms with Crippen LogP contribution in [0, 0.1) is 0 Å². The van der Waals surface area contributed by atoms with E-state index in [4.69, 9.17) is 11.6 Å². The first-order chi connectivity index (χ1) is 5.68. The molecule has 1 N–H and O–H groups in total. The molecule has 1 amide bonds. The monoisotopic (exact) mass is 190 g/mol. The number of halogens is 1. The molecule has 0 aromatic heterocycles. The van der Waals surface area contributed by atoms with Gasteiger partial charge < -0.3 is 10.2 Å². The van der Waals surface area contributed by atoms with E-state index in [0.29, 0.717) is 19.0 Å². The van der Waals surface area contributed by atoms with Crippen LogP contribution in [-0.4, -0.2) is 43.9 Å². The van der Waals surface area contributed by atoms with Crippen LogP contribution in [0.15, 0.2) is 12.2 Å². The van der Waals surface area contributed by atoms with Crippen molar-refractivity contribution in [3.8, 4) is 0 Å². The summed E-state index contributed by atoms with van der Waals surface area (Å²) < 4.78 is 0. The molecule has 70 valence electrons. The van der Waals surface area contributed by atoms with Crippen molar-refractivity contribution in [1.82, 2.24) is 10.2 Å². The molecule has 0 saturated heterocycles. The van der Waals surface area contributed by atoms with Crippen molar-refractivity contribution in [2.24, 2.45) is 0 Å². The average Bonchev–Trinajstić information content (AvgIpc) is 2.03. The molecule has 0 aliphatic carbocycles. The summed E-state index contributed by atoms with van der Waals surface area (Å²) in [7, 11) is 3.47. The summed E-state index contributed by atoms with van der Waals surface area (Å²) in [4.78, 5) is 12.5. The second-order valence-electron chi connectivity index (χ2n) is 2.54. The minimum atomic E-state index is 0.0780. The molecule has 0 saturated carbocycles. The van der Waals surface area contributed by atoms with Crippen LogP contribution in [0.4, 0.5) is 0 Å². The van der Waals surface area contributed by atoms with Crippen molar-refractivity contribution < 1.29 is 4.79 Å². The lowest BCUT2D eigenvalue weighted by Gasteiger charge is -2.09. The lowest BCUT2D eigenvalue weighted by Crippen LogP contribution is -2.32. The smallest absolute Gasteiger partial charge is 0.236 e. The predicted octanol–water partition coefficient (Wildman–Crippen LogP) is 0.459. The Morgan fingerprint density at radius 1 is 1.50 bits per heavy atom. The fraction of sp³-hybridized carbons (Fsp3) is 0.625. The van der Waals surface area contributed by atoms with E-state index in [2.05, 4.69) is 5.32 Å². The van der Waals surface area contributed by atoms with Crippen LogP contribution in [0.3, 0.4) is 0 Å². The molecule has 0 aliphatic heterocycles. The first kappa shape index (κ1) is 11.5. The SMILES string of the molecule is CN(C)C(=O)CNC/C=C/CCl. The molecule has 12 heavy (non-hydrogen) atoms. The van der Waals surface area contributed by atoms with Crippen molar-refractivity contribution in [2.75, 3.05) is 33.1 Å². The molecule has 0 fully saturated rings. The fourth-order valence-corrected chi connectivity index (χ4v) is 0.693. The standard InChI is InChI=1S/C8H15ClN2O/c1-11(2)8(12)7-10-6-4-3-5-9/h3-4,10H,5-7H2,1-2H3/b4-3+. The minimum absolute atomic E-state index is 0.0780. The minimum Gasteiger partial charge on any atom is -0.348 e. The number of carbonyl (C=O) groups is 1. The van der Waals surface area contributed by atoms with Crippen molar-refractivity contribution in [3.05, 3.63) is 12.2 Å². The quantitative estimate of drug-likeness (QED) is 0.388. The molecular weight excluding hydrogens is 176 g/mol. The predicted molar refractivity (Wildman–Crippen MR) is 51.4 cm³/mol. The van der Waals surface area contributed by atoms with Crippen LogP contribution >= 0.6 is 11.6 Å². The summed E-state index contributed by atoms with van der Waals surface area (Å²) in [6, 6.07) is 0. The number of hydrogen-bond donors (Lipinski definition) is 1. The molecule has 0 atom stereocenters. The number of rotatable bonds is 5. The molecule has 0 rings (SSSR count). The van der Waals surface area contributed by atoms with Gasteiger partial charge in [-0.1, -0.05) is 12.2 Å². The van der Waals surface area contributed by atoms with Gasteiger partial charge in [-0.25, -0.2) is 0 Å². The second kappa shape index (κ2) is 7.13. The molecule has 0 aliphatic rings. The number of amides is 1. The second-order valence-corrected chi connectivity index (χ2v) is 2.85. The van der Waals surface area contributed by atoms with Gasteiger partial charge in [0.2, 0.25) is 5.91 Å². The van der Waals surface area contributed by atoms with Gasteiger partial charge in [0, 0.05) is 26.5 Å². The highest BCUT2D eigenvalue weighted by molar-refractivity contribution is 6.18. The maximum absolute atomic E-state index is 11.0. The number of hydrogen-bond acceptors (Lipinski definition) is 2. The van der Waals surface area contributed by atoms with Gasteiger partial charge in [-0.05, 0) is 0 Å². The van der Waals surface area contributed by atoms with Crippen LogP contribution in [0.5, 0.6) is 0 Å². The van der Waals surface area contributed by atoms with Crippen molar-refractivity contribution in [3.63, 3.8) is 0 Å². The maximum atomic E-state index is 11.0. The summed E-state index contributed by atoms with van der Waals surface area (Å²) in [6.45, 7) is 1.06. The first-order valence-electron chi connectivity index (χ1n) is 3.80. The van der Waals surface area contributed by atoms with E-state index < -0.39 is 0 Å². The maximum Gasteiger partial charge on any atom is 0.236 e. The van der Waals surface area contributed by atoms with E-state index in [0.717, 1.165) is 0 Å². The summed E-state index contributed by atoms with van der Waals surface area (Å²) in [5, 5.41) is 2.96. The van der Waals surface area contributed by atoms with Crippen molar-refractivity contribution >= 4 is 17.5 Å². The number of allylic oxidation sites excluding steroid dienone is 1. The van der Waals surface area contributed by atoms with Gasteiger partial charge >= 0.3 is 0 Å². The van der Waals surface area contributed by atoms with Crippen LogP contribution in [0.1, 0.15) is 0 Å². The molecule has 0 bridgehead atoms. The van der Waals surface area contributed by atoms with E-state index in [1.165, 1.54) is 0 Å². The largest absolute Gasteiger partial charge is 0.348 e. The number of likely N-dealkylation sites (N-methyl/N-ethyl adjacent to an activating group) is 1. The van der Waals surface area contributed by atoms with E-state index >= 15 is 0 Å². The zero-order valence-corrected chi connectivity index (χ0v) is 8.27. The van der Waals surface area contributed by atoms with E-state index in [1.54, 1.807) is 19.0 Å². The van der Waals surface area contributed by atoms with Gasteiger partial charge in [-0.15, -0.1) is 11.6 Å². The number of nitrogens with zero attached hydrogens (tertiary/aromatic N) is 1. The van der Waals surface area contributed by atoms with Gasteiger partial charge in [0.15, 0.2) is 0 Å². The fourth-order valence-electron chi connectivity index (χ4n) is 0.567. The van der Waals surface area contributed by atoms with Gasteiger partial charge in [-0.3, -0.25) is 4.79 Å². The zero-order valence-electron chi connectivity index (χ0n) is 7.51. The van der Waals surface area contributed by atoms with Crippen molar-refractivity contribution in [1.29, 1.82) is 0 Å². The molecule has 0 aromatic rings. The molecule has 4 heteroatoms. The van der Waals surface area contributed by atoms with E-state index in [1.807, 2.05) is 12.2 Å². The van der Waals surface area contributed by atoms with Crippen molar-refractivity contribution in [2.45, 2.75) is 0 Å². The summed E-state index contributed by atoms with van der Waals surface area (Å²) in [5.74, 6) is 0.595. The Labute approximate surface area is 78.4 Å². The topological polar surface area (TPSA) is 32.3 Å². The third-order valence-electron chi connectivity index (χ3n) is 1.29. The summed E-state index contributed by atoms with van der Waals surface area (Å²) in [5.41, 5.74) is 0. The average molecular weight is 191 g/mol. The summed E-state index contributed by atoms with van der Waals surface area (Å²) in [6.07, 6.45) is 3.74. The molecule has 0 radical (unpaired) electrons. The van der Waals surface area contributed by atoms with Crippen LogP contribution in [0.2, 0.25) is 0 Å². The van der Waals surface area contributed by atoms with Crippen LogP contribution in [-0.2, 0) is 4.79 Å². The Morgan fingerprint density at radius 3 is 2.67 bits per heavy atom. The van der Waals surface area contributed by atoms with Crippen LogP contribution in [0.25, 0.3) is 0 Å². The first-order valence-corrected chi connectivity index (χ1v) is 4.33. The number of carbonyl (C=O) groups excluding carboxylic acids is 1. The Bertz CT molecular complexity index is 157. The van der Waals surface area contributed by atoms with E-state index in [9.17, 15) is 4.79 Å². The lowest BCUT2D eigenvalue weighted by molar-refractivity contribution is -0.127. The van der Waals surface area contributed by atoms with Gasteiger partial charge in [-0.2, -0.15) is 0 Å². The zero-order chi connectivity index (χ0) is 9.40. The Balaban J connectivity index is 3.31. The number of nitrogens with one attached hydrogen (secondary N) is 1. The lowest BCUT2D eigenvalue weighted by atomic mass is 10.5. The highest BCUT2D eigenvalue weighted by Crippen LogP contribution is 1.78. The highest BCUT2D eigenvalue weighted by atomic mass is 35.5. The highest BCUT2D eigenvalue weighted by Gasteiger charge is 2.00. The Kier molecular flexibility index (Phi) is 6.81. The normalized spacial score (nSPS) is 10.6. The molecular formula is C8H15ClN2O. The van der Waals surface area contributed by atoms with Gasteiger partial charge in [0.05, 0.1) is 6.54 Å². The van der Waals surface area contributed by atoms with Gasteiger partial charge in [0.1, 0.15) is 0 Å². The van der Waals surface area contributed by atoms with E-state index in [-0.39, 0.29) is 5.91 Å². The van der Waals surface area contributed by atoms with Gasteiger partial charge in [0.25, 0.3) is 0 Å². The molecule has 0 unspecified atom stereocenters. The molecule has 0 heterocycles. The third kappa shape index (κ3) is 6.19. The molecule has 0 spiro atoms. The van der Waals surface area contributed by atoms with Crippen LogP contribution < -0.4 is 5.32 Å². The molecule has 0 aromatic carbocycles.